The Labute approximate surface area is 128 Å². The summed E-state index contributed by atoms with van der Waals surface area (Å²) in [6.45, 7) is -0.0466. The summed E-state index contributed by atoms with van der Waals surface area (Å²) in [6, 6.07) is 20.7. The van der Waals surface area contributed by atoms with Gasteiger partial charge in [-0.25, -0.2) is 0 Å². The molecule has 4 aromatic rings. The van der Waals surface area contributed by atoms with Crippen LogP contribution in [-0.2, 0) is 13.2 Å². The topological polar surface area (TPSA) is 40.5 Å². The number of hydrogen-bond donors (Lipinski definition) is 2. The summed E-state index contributed by atoms with van der Waals surface area (Å²) in [7, 11) is 0. The van der Waals surface area contributed by atoms with E-state index in [1.807, 2.05) is 24.3 Å². The van der Waals surface area contributed by atoms with Gasteiger partial charge in [0.2, 0.25) is 0 Å². The third-order valence-corrected chi connectivity index (χ3v) is 4.33. The molecule has 0 aliphatic heterocycles. The molecule has 2 N–H and O–H groups in total. The van der Waals surface area contributed by atoms with Crippen LogP contribution in [-0.4, -0.2) is 10.2 Å². The molecule has 0 radical (unpaired) electrons. The lowest BCUT2D eigenvalue weighted by Crippen LogP contribution is -1.92. The second-order valence-corrected chi connectivity index (χ2v) is 5.62. The first-order chi connectivity index (χ1) is 10.8. The highest BCUT2D eigenvalue weighted by Gasteiger charge is 2.09. The Kier molecular flexibility index (Phi) is 3.07. The Morgan fingerprint density at radius 1 is 0.636 bits per heavy atom. The second kappa shape index (κ2) is 5.09. The Balaban J connectivity index is 2.21. The van der Waals surface area contributed by atoms with Gasteiger partial charge in [-0.15, -0.1) is 0 Å². The Hall–Kier alpha value is -2.42. The van der Waals surface area contributed by atoms with Gasteiger partial charge >= 0.3 is 0 Å². The average molecular weight is 288 g/mol. The minimum Gasteiger partial charge on any atom is -0.392 e. The van der Waals surface area contributed by atoms with E-state index in [9.17, 15) is 10.2 Å². The van der Waals surface area contributed by atoms with E-state index in [4.69, 9.17) is 0 Å². The maximum Gasteiger partial charge on any atom is 0.0688 e. The quantitative estimate of drug-likeness (QED) is 0.544. The van der Waals surface area contributed by atoms with Gasteiger partial charge in [-0.2, -0.15) is 0 Å². The predicted octanol–water partition coefficient (Wildman–Crippen LogP) is 4.13. The van der Waals surface area contributed by atoms with E-state index >= 15 is 0 Å². The van der Waals surface area contributed by atoms with Crippen LogP contribution in [0.4, 0.5) is 0 Å². The van der Waals surface area contributed by atoms with Crippen molar-refractivity contribution in [2.24, 2.45) is 0 Å². The Morgan fingerprint density at radius 3 is 2.23 bits per heavy atom. The number of rotatable bonds is 2. The molecule has 0 heterocycles. The number of benzene rings is 4. The van der Waals surface area contributed by atoms with Crippen molar-refractivity contribution < 1.29 is 10.2 Å². The summed E-state index contributed by atoms with van der Waals surface area (Å²) in [5.41, 5.74) is 1.69. The van der Waals surface area contributed by atoms with Crippen LogP contribution in [0.5, 0.6) is 0 Å². The molecule has 2 heteroatoms. The van der Waals surface area contributed by atoms with Gasteiger partial charge in [-0.1, -0.05) is 54.6 Å². The number of aliphatic hydroxyl groups excluding tert-OH is 2. The van der Waals surface area contributed by atoms with Gasteiger partial charge in [-0.05, 0) is 49.5 Å². The molecule has 0 spiro atoms. The van der Waals surface area contributed by atoms with Crippen LogP contribution >= 0.6 is 0 Å². The lowest BCUT2D eigenvalue weighted by molar-refractivity contribution is 0.276. The van der Waals surface area contributed by atoms with Gasteiger partial charge in [-0.3, -0.25) is 0 Å². The van der Waals surface area contributed by atoms with Crippen molar-refractivity contribution in [1.29, 1.82) is 0 Å². The van der Waals surface area contributed by atoms with Gasteiger partial charge in [0.25, 0.3) is 0 Å². The number of fused-ring (bicyclic) bond motifs is 5. The summed E-state index contributed by atoms with van der Waals surface area (Å²) in [6.07, 6.45) is 0. The lowest BCUT2D eigenvalue weighted by Gasteiger charge is -2.12. The van der Waals surface area contributed by atoms with E-state index in [-0.39, 0.29) is 13.2 Å². The first-order valence-corrected chi connectivity index (χ1v) is 7.39. The van der Waals surface area contributed by atoms with E-state index in [2.05, 4.69) is 36.4 Å². The summed E-state index contributed by atoms with van der Waals surface area (Å²) >= 11 is 0. The summed E-state index contributed by atoms with van der Waals surface area (Å²) in [5.74, 6) is 0. The minimum absolute atomic E-state index is 0.0152. The molecule has 0 aromatic heterocycles. The Bertz CT molecular complexity index is 1000. The van der Waals surface area contributed by atoms with Crippen LogP contribution in [0.25, 0.3) is 32.3 Å². The third kappa shape index (κ3) is 1.89. The van der Waals surface area contributed by atoms with Crippen LogP contribution in [0, 0.1) is 0 Å². The Morgan fingerprint density at radius 2 is 1.41 bits per heavy atom. The largest absolute Gasteiger partial charge is 0.392 e. The van der Waals surface area contributed by atoms with Crippen molar-refractivity contribution >= 4 is 32.3 Å². The monoisotopic (exact) mass is 288 g/mol. The van der Waals surface area contributed by atoms with Crippen molar-refractivity contribution in [2.45, 2.75) is 13.2 Å². The lowest BCUT2D eigenvalue weighted by atomic mass is 9.93. The molecule has 0 atom stereocenters. The smallest absolute Gasteiger partial charge is 0.0688 e. The van der Waals surface area contributed by atoms with Gasteiger partial charge in [0, 0.05) is 0 Å². The third-order valence-electron chi connectivity index (χ3n) is 4.33. The van der Waals surface area contributed by atoms with Crippen LogP contribution in [0.3, 0.4) is 0 Å². The molecule has 0 aliphatic rings. The molecule has 4 rings (SSSR count). The van der Waals surface area contributed by atoms with Gasteiger partial charge in [0.1, 0.15) is 0 Å². The predicted molar refractivity (Wildman–Crippen MR) is 90.8 cm³/mol. The molecular formula is C20H16O2. The highest BCUT2D eigenvalue weighted by Crippen LogP contribution is 2.33. The first kappa shape index (κ1) is 13.3. The zero-order chi connectivity index (χ0) is 15.1. The summed E-state index contributed by atoms with van der Waals surface area (Å²) in [4.78, 5) is 0. The second-order valence-electron chi connectivity index (χ2n) is 5.62. The highest BCUT2D eigenvalue weighted by molar-refractivity contribution is 6.18. The summed E-state index contributed by atoms with van der Waals surface area (Å²) < 4.78 is 0. The summed E-state index contributed by atoms with van der Waals surface area (Å²) in [5, 5.41) is 26.0. The van der Waals surface area contributed by atoms with Crippen molar-refractivity contribution in [2.75, 3.05) is 0 Å². The van der Waals surface area contributed by atoms with E-state index in [0.29, 0.717) is 0 Å². The maximum absolute atomic E-state index is 9.75. The molecule has 0 aliphatic carbocycles. The number of hydrogen-bond acceptors (Lipinski definition) is 2. The first-order valence-electron chi connectivity index (χ1n) is 7.39. The van der Waals surface area contributed by atoms with Crippen molar-refractivity contribution in [3.05, 3.63) is 71.8 Å². The van der Waals surface area contributed by atoms with Gasteiger partial charge < -0.3 is 10.2 Å². The molecular weight excluding hydrogens is 272 g/mol. The van der Waals surface area contributed by atoms with Gasteiger partial charge in [0.15, 0.2) is 0 Å². The fourth-order valence-corrected chi connectivity index (χ4v) is 3.34. The molecule has 4 aromatic carbocycles. The average Bonchev–Trinajstić information content (AvgIpc) is 2.59. The molecule has 0 amide bonds. The SMILES string of the molecule is OCc1cc(CO)c2c(ccc3c4ccccc4ccc32)c1. The van der Waals surface area contributed by atoms with Crippen molar-refractivity contribution in [1.82, 2.24) is 0 Å². The van der Waals surface area contributed by atoms with Gasteiger partial charge in [0.05, 0.1) is 13.2 Å². The van der Waals surface area contributed by atoms with Crippen LogP contribution in [0.15, 0.2) is 60.7 Å². The van der Waals surface area contributed by atoms with Crippen LogP contribution in [0.2, 0.25) is 0 Å². The molecule has 22 heavy (non-hydrogen) atoms. The van der Waals surface area contributed by atoms with E-state index in [1.165, 1.54) is 16.2 Å². The minimum atomic E-state index is -0.0315. The maximum atomic E-state index is 9.75. The van der Waals surface area contributed by atoms with Crippen LogP contribution < -0.4 is 0 Å². The highest BCUT2D eigenvalue weighted by atomic mass is 16.3. The molecule has 2 nitrogen and oxygen atoms in total. The molecule has 0 fully saturated rings. The van der Waals surface area contributed by atoms with Crippen molar-refractivity contribution in [3.63, 3.8) is 0 Å². The fraction of sp³-hybridized carbons (Fsp3) is 0.100. The van der Waals surface area contributed by atoms with E-state index in [1.54, 1.807) is 0 Å². The molecule has 108 valence electrons. The van der Waals surface area contributed by atoms with E-state index < -0.39 is 0 Å². The van der Waals surface area contributed by atoms with E-state index in [0.717, 1.165) is 27.3 Å². The molecule has 0 unspecified atom stereocenters. The fourth-order valence-electron chi connectivity index (χ4n) is 3.34. The molecule has 0 saturated heterocycles. The zero-order valence-corrected chi connectivity index (χ0v) is 12.1. The van der Waals surface area contributed by atoms with Crippen molar-refractivity contribution in [3.8, 4) is 0 Å². The normalized spacial score (nSPS) is 11.5. The molecule has 0 bridgehead atoms. The standard InChI is InChI=1S/C20H16O2/c21-11-13-9-15-6-7-18-17-4-2-1-3-14(17)5-8-19(18)20(15)16(10-13)12-22/h1-10,21-22H,11-12H2. The zero-order valence-electron chi connectivity index (χ0n) is 12.1. The number of aliphatic hydroxyl groups is 2. The van der Waals surface area contributed by atoms with Crippen LogP contribution in [0.1, 0.15) is 11.1 Å². The molecule has 0 saturated carbocycles.